The maximum absolute atomic E-state index is 11.4. The molecule has 3 nitrogen and oxygen atoms in total. The Morgan fingerprint density at radius 1 is 0.667 bits per heavy atom. The predicted molar refractivity (Wildman–Crippen MR) is 106 cm³/mol. The Labute approximate surface area is 154 Å². The normalized spacial score (nSPS) is 10.8. The van der Waals surface area contributed by atoms with Gasteiger partial charge in [-0.25, -0.2) is 0 Å². The van der Waals surface area contributed by atoms with Crippen molar-refractivity contribution in [2.45, 2.75) is 96.8 Å². The Kier molecular flexibility index (Phi) is 16.9. The molecule has 0 aromatic rings. The first kappa shape index (κ1) is 23.5. The summed E-state index contributed by atoms with van der Waals surface area (Å²) in [5.41, 5.74) is 0. The minimum absolute atomic E-state index is 0.247. The number of amides is 1. The smallest absolute Gasteiger partial charge is 0.222 e. The van der Waals surface area contributed by atoms with Crippen LogP contribution >= 0.6 is 11.8 Å². The highest BCUT2D eigenvalue weighted by molar-refractivity contribution is 8.13. The summed E-state index contributed by atoms with van der Waals surface area (Å²) in [5, 5.41) is 0.247. The zero-order chi connectivity index (χ0) is 18.0. The fourth-order valence-electron chi connectivity index (χ4n) is 2.76. The third-order valence-corrected chi connectivity index (χ3v) is 5.24. The summed E-state index contributed by atoms with van der Waals surface area (Å²) in [4.78, 5) is 23.9. The fourth-order valence-corrected chi connectivity index (χ4v) is 3.40. The Hall–Kier alpha value is -0.510. The second kappa shape index (κ2) is 17.3. The second-order valence-electron chi connectivity index (χ2n) is 6.97. The van der Waals surface area contributed by atoms with E-state index in [1.807, 2.05) is 14.1 Å². The molecule has 142 valence electrons. The number of rotatable bonds is 16. The highest BCUT2D eigenvalue weighted by atomic mass is 32.2. The highest BCUT2D eigenvalue weighted by Crippen LogP contribution is 2.14. The molecule has 0 N–H and O–H groups in total. The monoisotopic (exact) mass is 357 g/mol. The molecule has 0 rings (SSSR count). The van der Waals surface area contributed by atoms with Crippen LogP contribution in [0.2, 0.25) is 0 Å². The van der Waals surface area contributed by atoms with Crippen molar-refractivity contribution in [2.24, 2.45) is 0 Å². The molecule has 0 atom stereocenters. The quantitative estimate of drug-likeness (QED) is 0.327. The van der Waals surface area contributed by atoms with Crippen molar-refractivity contribution in [3.8, 4) is 0 Å². The zero-order valence-corrected chi connectivity index (χ0v) is 17.1. The van der Waals surface area contributed by atoms with Crippen LogP contribution in [0, 0.1) is 0 Å². The van der Waals surface area contributed by atoms with E-state index in [-0.39, 0.29) is 11.0 Å². The van der Waals surface area contributed by atoms with Gasteiger partial charge in [-0.3, -0.25) is 9.59 Å². The topological polar surface area (TPSA) is 37.4 Å². The summed E-state index contributed by atoms with van der Waals surface area (Å²) in [7, 11) is 3.66. The van der Waals surface area contributed by atoms with E-state index < -0.39 is 0 Å². The van der Waals surface area contributed by atoms with Crippen LogP contribution in [0.1, 0.15) is 96.8 Å². The van der Waals surface area contributed by atoms with Gasteiger partial charge in [0.15, 0.2) is 5.12 Å². The van der Waals surface area contributed by atoms with Crippen LogP contribution in [0.15, 0.2) is 0 Å². The number of unbranched alkanes of at least 4 members (excludes halogenated alkanes) is 12. The van der Waals surface area contributed by atoms with Crippen molar-refractivity contribution in [1.29, 1.82) is 0 Å². The lowest BCUT2D eigenvalue weighted by molar-refractivity contribution is -0.128. The van der Waals surface area contributed by atoms with Crippen LogP contribution in [0.3, 0.4) is 0 Å². The molecule has 0 saturated carbocycles. The van der Waals surface area contributed by atoms with Gasteiger partial charge < -0.3 is 4.90 Å². The lowest BCUT2D eigenvalue weighted by Gasteiger charge is -2.09. The third-order valence-electron chi connectivity index (χ3n) is 4.34. The SMILES string of the molecule is CC(=O)SCCCCCCCCCCCCCCCC(=O)N(C)C. The number of carbonyl (C=O) groups excluding carboxylic acids is 2. The van der Waals surface area contributed by atoms with Gasteiger partial charge in [0.05, 0.1) is 0 Å². The largest absolute Gasteiger partial charge is 0.349 e. The Balaban J connectivity index is 3.08. The molecule has 4 heteroatoms. The molecule has 0 unspecified atom stereocenters. The minimum Gasteiger partial charge on any atom is -0.349 e. The molecule has 0 aliphatic carbocycles. The number of hydrogen-bond acceptors (Lipinski definition) is 3. The molecule has 0 aliphatic heterocycles. The summed E-state index contributed by atoms with van der Waals surface area (Å²) in [5.74, 6) is 1.26. The van der Waals surface area contributed by atoms with Gasteiger partial charge in [-0.2, -0.15) is 0 Å². The molecule has 0 heterocycles. The number of thioether (sulfide) groups is 1. The number of nitrogens with zero attached hydrogens (tertiary/aromatic N) is 1. The summed E-state index contributed by atoms with van der Waals surface area (Å²) in [6.07, 6.45) is 17.5. The van der Waals surface area contributed by atoms with Gasteiger partial charge in [-0.15, -0.1) is 0 Å². The molecular weight excluding hydrogens is 318 g/mol. The van der Waals surface area contributed by atoms with Crippen LogP contribution in [-0.4, -0.2) is 35.8 Å². The van der Waals surface area contributed by atoms with Crippen LogP contribution in [0.5, 0.6) is 0 Å². The summed E-state index contributed by atoms with van der Waals surface area (Å²) in [6, 6.07) is 0. The van der Waals surface area contributed by atoms with E-state index in [0.717, 1.165) is 12.2 Å². The molecule has 24 heavy (non-hydrogen) atoms. The third kappa shape index (κ3) is 17.8. The fraction of sp³-hybridized carbons (Fsp3) is 0.900. The van der Waals surface area contributed by atoms with E-state index in [1.54, 1.807) is 11.8 Å². The van der Waals surface area contributed by atoms with Crippen molar-refractivity contribution in [2.75, 3.05) is 19.8 Å². The first-order valence-electron chi connectivity index (χ1n) is 9.87. The minimum atomic E-state index is 0.247. The van der Waals surface area contributed by atoms with Gasteiger partial charge in [-0.05, 0) is 12.8 Å². The van der Waals surface area contributed by atoms with Crippen molar-refractivity contribution >= 4 is 22.8 Å². The van der Waals surface area contributed by atoms with Gasteiger partial charge in [0.2, 0.25) is 5.91 Å². The predicted octanol–water partition coefficient (Wildman–Crippen LogP) is 5.82. The lowest BCUT2D eigenvalue weighted by Crippen LogP contribution is -2.20. The molecule has 0 spiro atoms. The summed E-state index contributed by atoms with van der Waals surface area (Å²) < 4.78 is 0. The van der Waals surface area contributed by atoms with Crippen LogP contribution < -0.4 is 0 Å². The molecule has 0 aromatic carbocycles. The zero-order valence-electron chi connectivity index (χ0n) is 16.3. The van der Waals surface area contributed by atoms with E-state index in [0.29, 0.717) is 6.42 Å². The molecule has 0 bridgehead atoms. The highest BCUT2D eigenvalue weighted by Gasteiger charge is 2.02. The van der Waals surface area contributed by atoms with Crippen molar-refractivity contribution in [3.05, 3.63) is 0 Å². The Bertz CT molecular complexity index is 319. The molecule has 0 radical (unpaired) electrons. The van der Waals surface area contributed by atoms with E-state index in [1.165, 1.54) is 88.8 Å². The van der Waals surface area contributed by atoms with E-state index in [4.69, 9.17) is 0 Å². The van der Waals surface area contributed by atoms with Crippen molar-refractivity contribution in [3.63, 3.8) is 0 Å². The number of hydrogen-bond donors (Lipinski definition) is 0. The summed E-state index contributed by atoms with van der Waals surface area (Å²) in [6.45, 7) is 1.65. The molecule has 0 aliphatic rings. The average molecular weight is 358 g/mol. The van der Waals surface area contributed by atoms with Gasteiger partial charge in [0.1, 0.15) is 0 Å². The summed E-state index contributed by atoms with van der Waals surface area (Å²) >= 11 is 1.46. The lowest BCUT2D eigenvalue weighted by atomic mass is 10.0. The van der Waals surface area contributed by atoms with Crippen LogP contribution in [0.4, 0.5) is 0 Å². The van der Waals surface area contributed by atoms with Gasteiger partial charge >= 0.3 is 0 Å². The second-order valence-corrected chi connectivity index (χ2v) is 8.25. The average Bonchev–Trinajstić information content (AvgIpc) is 2.53. The van der Waals surface area contributed by atoms with E-state index in [2.05, 4.69) is 0 Å². The van der Waals surface area contributed by atoms with Crippen LogP contribution in [0.25, 0.3) is 0 Å². The van der Waals surface area contributed by atoms with E-state index in [9.17, 15) is 9.59 Å². The van der Waals surface area contributed by atoms with Crippen LogP contribution in [-0.2, 0) is 9.59 Å². The van der Waals surface area contributed by atoms with Gasteiger partial charge in [0.25, 0.3) is 0 Å². The first-order chi connectivity index (χ1) is 11.5. The first-order valence-corrected chi connectivity index (χ1v) is 10.9. The maximum atomic E-state index is 11.4. The molecule has 0 fully saturated rings. The standard InChI is InChI=1S/C20H39NO2S/c1-19(22)24-18-16-14-12-10-8-6-4-5-7-9-11-13-15-17-20(23)21(2)3/h4-18H2,1-3H3. The Morgan fingerprint density at radius 2 is 1.04 bits per heavy atom. The van der Waals surface area contributed by atoms with Crippen molar-refractivity contribution in [1.82, 2.24) is 4.90 Å². The Morgan fingerprint density at radius 3 is 1.42 bits per heavy atom. The molecular formula is C20H39NO2S. The van der Waals surface area contributed by atoms with Gasteiger partial charge in [0, 0.05) is 33.2 Å². The number of carbonyl (C=O) groups is 2. The molecule has 1 amide bonds. The molecule has 0 saturated heterocycles. The van der Waals surface area contributed by atoms with Crippen molar-refractivity contribution < 1.29 is 9.59 Å². The molecule has 0 aromatic heterocycles. The maximum Gasteiger partial charge on any atom is 0.222 e. The van der Waals surface area contributed by atoms with Gasteiger partial charge in [-0.1, -0.05) is 82.4 Å². The van der Waals surface area contributed by atoms with E-state index >= 15 is 0 Å².